The zero-order valence-electron chi connectivity index (χ0n) is 13.3. The highest BCUT2D eigenvalue weighted by atomic mass is 32.2. The number of aromatic nitrogens is 2. The van der Waals surface area contributed by atoms with E-state index in [0.717, 1.165) is 28.9 Å². The number of para-hydroxylation sites is 1. The first-order valence-corrected chi connectivity index (χ1v) is 8.96. The number of hydrogen-bond acceptors (Lipinski definition) is 3. The highest BCUT2D eigenvalue weighted by molar-refractivity contribution is 7.92. The summed E-state index contributed by atoms with van der Waals surface area (Å²) in [4.78, 5) is 7.58. The summed E-state index contributed by atoms with van der Waals surface area (Å²) in [5.41, 5.74) is 4.02. The number of fused-ring (bicyclic) bond motifs is 1. The number of sulfonamides is 1. The number of H-pyrrole nitrogens is 1. The van der Waals surface area contributed by atoms with Gasteiger partial charge in [-0.15, -0.1) is 0 Å². The van der Waals surface area contributed by atoms with Crippen LogP contribution in [-0.2, 0) is 16.4 Å². The highest BCUT2D eigenvalue weighted by Gasteiger charge is 2.18. The fourth-order valence-electron chi connectivity index (χ4n) is 2.65. The Kier molecular flexibility index (Phi) is 3.85. The van der Waals surface area contributed by atoms with Crippen LogP contribution < -0.4 is 4.72 Å². The van der Waals surface area contributed by atoms with Crippen molar-refractivity contribution in [3.63, 3.8) is 0 Å². The second-order valence-electron chi connectivity index (χ2n) is 5.57. The van der Waals surface area contributed by atoms with Crippen molar-refractivity contribution in [3.05, 3.63) is 53.3 Å². The maximum absolute atomic E-state index is 12.7. The van der Waals surface area contributed by atoms with Crippen molar-refractivity contribution in [1.29, 1.82) is 0 Å². The maximum Gasteiger partial charge on any atom is 0.261 e. The average Bonchev–Trinajstić information content (AvgIpc) is 2.88. The minimum atomic E-state index is -3.65. The molecule has 0 spiro atoms. The van der Waals surface area contributed by atoms with Crippen molar-refractivity contribution in [2.75, 3.05) is 4.72 Å². The van der Waals surface area contributed by atoms with Gasteiger partial charge >= 0.3 is 0 Å². The molecule has 2 aromatic carbocycles. The third kappa shape index (κ3) is 2.94. The molecule has 6 heteroatoms. The largest absolute Gasteiger partial charge is 0.342 e. The molecule has 5 nitrogen and oxygen atoms in total. The normalized spacial score (nSPS) is 11.8. The minimum absolute atomic E-state index is 0.221. The Morgan fingerprint density at radius 1 is 1.17 bits per heavy atom. The molecule has 0 amide bonds. The lowest BCUT2D eigenvalue weighted by molar-refractivity contribution is 0.601. The number of anilines is 1. The summed E-state index contributed by atoms with van der Waals surface area (Å²) in [5.74, 6) is 0.759. The van der Waals surface area contributed by atoms with Crippen LogP contribution in [0.3, 0.4) is 0 Å². The maximum atomic E-state index is 12.7. The number of benzene rings is 2. The second kappa shape index (κ2) is 5.70. The summed E-state index contributed by atoms with van der Waals surface area (Å²) in [5, 5.41) is 0. The van der Waals surface area contributed by atoms with Crippen molar-refractivity contribution in [2.24, 2.45) is 0 Å². The first-order valence-electron chi connectivity index (χ1n) is 7.48. The number of nitrogens with zero attached hydrogens (tertiary/aromatic N) is 1. The topological polar surface area (TPSA) is 74.8 Å². The predicted molar refractivity (Wildman–Crippen MR) is 92.2 cm³/mol. The van der Waals surface area contributed by atoms with Gasteiger partial charge in [-0.25, -0.2) is 13.4 Å². The van der Waals surface area contributed by atoms with E-state index in [1.807, 2.05) is 39.0 Å². The second-order valence-corrected chi connectivity index (χ2v) is 7.25. The molecule has 0 aliphatic rings. The monoisotopic (exact) mass is 329 g/mol. The first kappa shape index (κ1) is 15.6. The molecule has 2 N–H and O–H groups in total. The van der Waals surface area contributed by atoms with E-state index in [1.54, 1.807) is 18.2 Å². The third-order valence-corrected chi connectivity index (χ3v) is 5.21. The summed E-state index contributed by atoms with van der Waals surface area (Å²) in [6.07, 6.45) is 0.762. The van der Waals surface area contributed by atoms with E-state index < -0.39 is 10.0 Å². The van der Waals surface area contributed by atoms with Crippen LogP contribution in [0.15, 0.2) is 41.3 Å². The van der Waals surface area contributed by atoms with E-state index in [2.05, 4.69) is 14.7 Å². The van der Waals surface area contributed by atoms with Gasteiger partial charge in [0.1, 0.15) is 5.82 Å². The lowest BCUT2D eigenvalue weighted by atomic mass is 10.1. The molecule has 3 rings (SSSR count). The zero-order chi connectivity index (χ0) is 16.6. The fourth-order valence-corrected chi connectivity index (χ4v) is 3.84. The van der Waals surface area contributed by atoms with Crippen LogP contribution in [-0.4, -0.2) is 18.4 Å². The van der Waals surface area contributed by atoms with Gasteiger partial charge in [-0.05, 0) is 49.6 Å². The van der Waals surface area contributed by atoms with E-state index >= 15 is 0 Å². The van der Waals surface area contributed by atoms with Crippen molar-refractivity contribution in [3.8, 4) is 0 Å². The number of imidazole rings is 1. The van der Waals surface area contributed by atoms with Crippen LogP contribution in [0.25, 0.3) is 11.0 Å². The molecular weight excluding hydrogens is 310 g/mol. The molecule has 0 saturated heterocycles. The van der Waals surface area contributed by atoms with Gasteiger partial charge in [0.2, 0.25) is 0 Å². The SMILES string of the molecule is CCc1cccc(C)c1NS(=O)(=O)c1ccc2nc(C)[nH]c2c1. The summed E-state index contributed by atoms with van der Waals surface area (Å²) < 4.78 is 28.2. The van der Waals surface area contributed by atoms with E-state index in [4.69, 9.17) is 0 Å². The zero-order valence-corrected chi connectivity index (χ0v) is 14.2. The van der Waals surface area contributed by atoms with Gasteiger partial charge in [0.15, 0.2) is 0 Å². The number of hydrogen-bond donors (Lipinski definition) is 2. The van der Waals surface area contributed by atoms with E-state index in [-0.39, 0.29) is 4.90 Å². The van der Waals surface area contributed by atoms with Crippen LogP contribution in [0.2, 0.25) is 0 Å². The molecule has 0 radical (unpaired) electrons. The van der Waals surface area contributed by atoms with Gasteiger partial charge in [-0.1, -0.05) is 25.1 Å². The lowest BCUT2D eigenvalue weighted by Crippen LogP contribution is -2.15. The average molecular weight is 329 g/mol. The summed E-state index contributed by atoms with van der Waals surface area (Å²) in [7, 11) is -3.65. The molecule has 0 aliphatic carbocycles. The van der Waals surface area contributed by atoms with Crippen LogP contribution in [0.4, 0.5) is 5.69 Å². The minimum Gasteiger partial charge on any atom is -0.342 e. The van der Waals surface area contributed by atoms with Gasteiger partial charge in [0.25, 0.3) is 10.0 Å². The Morgan fingerprint density at radius 2 is 1.96 bits per heavy atom. The Morgan fingerprint density at radius 3 is 2.70 bits per heavy atom. The number of rotatable bonds is 4. The summed E-state index contributed by atoms with van der Waals surface area (Å²) in [6.45, 7) is 5.75. The molecule has 1 aromatic heterocycles. The Hall–Kier alpha value is -2.34. The van der Waals surface area contributed by atoms with E-state index in [9.17, 15) is 8.42 Å². The molecule has 23 heavy (non-hydrogen) atoms. The number of aromatic amines is 1. The van der Waals surface area contributed by atoms with Gasteiger partial charge < -0.3 is 4.98 Å². The molecule has 0 fully saturated rings. The predicted octanol–water partition coefficient (Wildman–Crippen LogP) is 3.54. The van der Waals surface area contributed by atoms with Crippen molar-refractivity contribution >= 4 is 26.7 Å². The van der Waals surface area contributed by atoms with Crippen molar-refractivity contribution in [1.82, 2.24) is 9.97 Å². The quantitative estimate of drug-likeness (QED) is 0.769. The lowest BCUT2D eigenvalue weighted by Gasteiger charge is -2.14. The van der Waals surface area contributed by atoms with Crippen LogP contribution in [0.1, 0.15) is 23.9 Å². The Labute approximate surface area is 135 Å². The van der Waals surface area contributed by atoms with Gasteiger partial charge in [0.05, 0.1) is 21.6 Å². The highest BCUT2D eigenvalue weighted by Crippen LogP contribution is 2.25. The van der Waals surface area contributed by atoms with Gasteiger partial charge in [-0.2, -0.15) is 0 Å². The molecule has 120 valence electrons. The standard InChI is InChI=1S/C17H19N3O2S/c1-4-13-7-5-6-11(2)17(13)20-23(21,22)14-8-9-15-16(10-14)19-12(3)18-15/h5-10,20H,4H2,1-3H3,(H,18,19). The van der Waals surface area contributed by atoms with Crippen LogP contribution >= 0.6 is 0 Å². The van der Waals surface area contributed by atoms with Gasteiger partial charge in [0, 0.05) is 0 Å². The van der Waals surface area contributed by atoms with Crippen LogP contribution in [0, 0.1) is 13.8 Å². The molecule has 0 bridgehead atoms. The van der Waals surface area contributed by atoms with Crippen molar-refractivity contribution < 1.29 is 8.42 Å². The van der Waals surface area contributed by atoms with E-state index in [0.29, 0.717) is 11.2 Å². The van der Waals surface area contributed by atoms with Gasteiger partial charge in [-0.3, -0.25) is 4.72 Å². The molecule has 0 unspecified atom stereocenters. The number of nitrogens with one attached hydrogen (secondary N) is 2. The van der Waals surface area contributed by atoms with Crippen molar-refractivity contribution in [2.45, 2.75) is 32.1 Å². The van der Waals surface area contributed by atoms with E-state index in [1.165, 1.54) is 0 Å². The smallest absolute Gasteiger partial charge is 0.261 e. The molecule has 1 heterocycles. The Balaban J connectivity index is 2.04. The number of aryl methyl sites for hydroxylation is 3. The fraction of sp³-hybridized carbons (Fsp3) is 0.235. The first-order chi connectivity index (χ1) is 10.9. The van der Waals surface area contributed by atoms with Crippen LogP contribution in [0.5, 0.6) is 0 Å². The molecule has 0 aliphatic heterocycles. The molecule has 3 aromatic rings. The molecule has 0 atom stereocenters. The third-order valence-electron chi connectivity index (χ3n) is 3.86. The Bertz CT molecular complexity index is 975. The molecular formula is C17H19N3O2S. The molecule has 0 saturated carbocycles. The summed E-state index contributed by atoms with van der Waals surface area (Å²) >= 11 is 0. The summed E-state index contributed by atoms with van der Waals surface area (Å²) in [6, 6.07) is 10.7.